The topological polar surface area (TPSA) is 62.1 Å². The Kier molecular flexibility index (Phi) is 5.04. The lowest BCUT2D eigenvalue weighted by atomic mass is 10.2. The van der Waals surface area contributed by atoms with Gasteiger partial charge in [0.25, 0.3) is 5.91 Å². The van der Waals surface area contributed by atoms with Gasteiger partial charge in [0.2, 0.25) is 0 Å². The van der Waals surface area contributed by atoms with Gasteiger partial charge in [0.15, 0.2) is 6.61 Å². The van der Waals surface area contributed by atoms with Crippen LogP contribution >= 0.6 is 23.2 Å². The number of carbonyl (C=O) groups is 1. The van der Waals surface area contributed by atoms with Gasteiger partial charge in [0.05, 0.1) is 21.3 Å². The standard InChI is InChI=1S/C15H10Cl2N2O2/c16-11-5-3-6-12(17)15(11)19-14(20)9-21-13-7-2-1-4-10(13)8-18/h1-7H,9H2,(H,19,20). The summed E-state index contributed by atoms with van der Waals surface area (Å²) in [5.41, 5.74) is 0.698. The molecular formula is C15H10Cl2N2O2. The number of carbonyl (C=O) groups excluding carboxylic acids is 1. The maximum atomic E-state index is 11.9. The maximum Gasteiger partial charge on any atom is 0.262 e. The molecule has 2 rings (SSSR count). The minimum atomic E-state index is -0.419. The molecular weight excluding hydrogens is 311 g/mol. The zero-order chi connectivity index (χ0) is 15.2. The average molecular weight is 321 g/mol. The Labute approximate surface area is 131 Å². The summed E-state index contributed by atoms with van der Waals surface area (Å²) in [5.74, 6) is -0.0712. The molecule has 0 saturated carbocycles. The van der Waals surface area contributed by atoms with Crippen molar-refractivity contribution in [2.45, 2.75) is 0 Å². The van der Waals surface area contributed by atoms with Gasteiger partial charge in [-0.3, -0.25) is 4.79 Å². The van der Waals surface area contributed by atoms with Gasteiger partial charge < -0.3 is 10.1 Å². The summed E-state index contributed by atoms with van der Waals surface area (Å²) in [7, 11) is 0. The molecule has 0 unspecified atom stereocenters. The van der Waals surface area contributed by atoms with E-state index in [0.717, 1.165) is 0 Å². The average Bonchev–Trinajstić information content (AvgIpc) is 2.49. The fourth-order valence-corrected chi connectivity index (χ4v) is 2.11. The minimum Gasteiger partial charge on any atom is -0.482 e. The summed E-state index contributed by atoms with van der Waals surface area (Å²) < 4.78 is 5.32. The van der Waals surface area contributed by atoms with Gasteiger partial charge in [-0.2, -0.15) is 5.26 Å². The van der Waals surface area contributed by atoms with Crippen LogP contribution in [0.2, 0.25) is 10.0 Å². The number of benzene rings is 2. The van der Waals surface area contributed by atoms with Crippen molar-refractivity contribution in [2.24, 2.45) is 0 Å². The fourth-order valence-electron chi connectivity index (χ4n) is 1.62. The molecule has 0 aliphatic carbocycles. The lowest BCUT2D eigenvalue weighted by Gasteiger charge is -2.10. The van der Waals surface area contributed by atoms with E-state index in [0.29, 0.717) is 27.0 Å². The molecule has 2 aromatic rings. The molecule has 0 atom stereocenters. The molecule has 6 heteroatoms. The molecule has 0 fully saturated rings. The normalized spacial score (nSPS) is 9.76. The van der Waals surface area contributed by atoms with Crippen LogP contribution in [0.25, 0.3) is 0 Å². The monoisotopic (exact) mass is 320 g/mol. The van der Waals surface area contributed by atoms with Crippen LogP contribution in [-0.4, -0.2) is 12.5 Å². The number of hydrogen-bond donors (Lipinski definition) is 1. The van der Waals surface area contributed by atoms with Crippen molar-refractivity contribution in [1.29, 1.82) is 5.26 Å². The van der Waals surface area contributed by atoms with E-state index in [4.69, 9.17) is 33.2 Å². The predicted molar refractivity (Wildman–Crippen MR) is 81.7 cm³/mol. The molecule has 0 spiro atoms. The van der Waals surface area contributed by atoms with Crippen LogP contribution < -0.4 is 10.1 Å². The molecule has 0 heterocycles. The van der Waals surface area contributed by atoms with Crippen molar-refractivity contribution in [3.63, 3.8) is 0 Å². The minimum absolute atomic E-state index is 0.250. The number of anilines is 1. The number of amides is 1. The summed E-state index contributed by atoms with van der Waals surface area (Å²) in [5, 5.41) is 12.2. The van der Waals surface area contributed by atoms with Crippen molar-refractivity contribution < 1.29 is 9.53 Å². The molecule has 106 valence electrons. The smallest absolute Gasteiger partial charge is 0.262 e. The summed E-state index contributed by atoms with van der Waals surface area (Å²) in [6.45, 7) is -0.250. The zero-order valence-corrected chi connectivity index (χ0v) is 12.3. The molecule has 1 N–H and O–H groups in total. The molecule has 2 aromatic carbocycles. The first-order valence-corrected chi connectivity index (χ1v) is 6.73. The van der Waals surface area contributed by atoms with Crippen LogP contribution in [0.1, 0.15) is 5.56 Å². The van der Waals surface area contributed by atoms with E-state index in [1.165, 1.54) is 0 Å². The Morgan fingerprint density at radius 2 is 1.81 bits per heavy atom. The second kappa shape index (κ2) is 6.98. The molecule has 0 radical (unpaired) electrons. The molecule has 1 amide bonds. The molecule has 0 aliphatic rings. The van der Waals surface area contributed by atoms with E-state index >= 15 is 0 Å². The predicted octanol–water partition coefficient (Wildman–Crippen LogP) is 3.88. The van der Waals surface area contributed by atoms with Gasteiger partial charge in [-0.15, -0.1) is 0 Å². The Hall–Kier alpha value is -2.22. The van der Waals surface area contributed by atoms with Crippen molar-refractivity contribution in [3.05, 3.63) is 58.1 Å². The van der Waals surface area contributed by atoms with Gasteiger partial charge in [0.1, 0.15) is 11.8 Å². The first-order valence-electron chi connectivity index (χ1n) is 5.97. The van der Waals surface area contributed by atoms with Crippen LogP contribution in [0.15, 0.2) is 42.5 Å². The van der Waals surface area contributed by atoms with E-state index in [9.17, 15) is 4.79 Å². The van der Waals surface area contributed by atoms with Crippen molar-refractivity contribution in [3.8, 4) is 11.8 Å². The number of rotatable bonds is 4. The second-order valence-corrected chi connectivity index (χ2v) is 4.86. The zero-order valence-electron chi connectivity index (χ0n) is 10.8. The van der Waals surface area contributed by atoms with E-state index in [1.54, 1.807) is 42.5 Å². The van der Waals surface area contributed by atoms with Gasteiger partial charge in [0, 0.05) is 0 Å². The first kappa shape index (κ1) is 15.2. The third-order valence-corrected chi connectivity index (χ3v) is 3.22. The maximum absolute atomic E-state index is 11.9. The Balaban J connectivity index is 2.02. The fraction of sp³-hybridized carbons (Fsp3) is 0.0667. The molecule has 0 bridgehead atoms. The highest BCUT2D eigenvalue weighted by Crippen LogP contribution is 2.29. The second-order valence-electron chi connectivity index (χ2n) is 4.04. The number of nitrogens with one attached hydrogen (secondary N) is 1. The van der Waals surface area contributed by atoms with Gasteiger partial charge in [-0.25, -0.2) is 0 Å². The number of nitriles is 1. The number of halogens is 2. The van der Waals surface area contributed by atoms with Gasteiger partial charge in [-0.1, -0.05) is 41.4 Å². The van der Waals surface area contributed by atoms with Crippen LogP contribution in [-0.2, 0) is 4.79 Å². The molecule has 0 aliphatic heterocycles. The lowest BCUT2D eigenvalue weighted by Crippen LogP contribution is -2.20. The number of para-hydroxylation sites is 2. The van der Waals surface area contributed by atoms with Crippen LogP contribution in [0, 0.1) is 11.3 Å². The first-order chi connectivity index (χ1) is 10.1. The highest BCUT2D eigenvalue weighted by atomic mass is 35.5. The van der Waals surface area contributed by atoms with Crippen LogP contribution in [0.4, 0.5) is 5.69 Å². The van der Waals surface area contributed by atoms with Crippen molar-refractivity contribution in [1.82, 2.24) is 0 Å². The SMILES string of the molecule is N#Cc1ccccc1OCC(=O)Nc1c(Cl)cccc1Cl. The van der Waals surface area contributed by atoms with E-state index in [2.05, 4.69) is 5.32 Å². The van der Waals surface area contributed by atoms with Crippen LogP contribution in [0.3, 0.4) is 0 Å². The Morgan fingerprint density at radius 1 is 1.14 bits per heavy atom. The Morgan fingerprint density at radius 3 is 2.48 bits per heavy atom. The quantitative estimate of drug-likeness (QED) is 0.929. The molecule has 0 aromatic heterocycles. The molecule has 0 saturated heterocycles. The van der Waals surface area contributed by atoms with Gasteiger partial charge in [-0.05, 0) is 24.3 Å². The largest absolute Gasteiger partial charge is 0.482 e. The van der Waals surface area contributed by atoms with E-state index in [1.807, 2.05) is 6.07 Å². The van der Waals surface area contributed by atoms with E-state index in [-0.39, 0.29) is 6.61 Å². The summed E-state index contributed by atoms with van der Waals surface area (Å²) >= 11 is 11.9. The highest BCUT2D eigenvalue weighted by Gasteiger charge is 2.11. The van der Waals surface area contributed by atoms with Crippen LogP contribution in [0.5, 0.6) is 5.75 Å². The summed E-state index contributed by atoms with van der Waals surface area (Å²) in [6, 6.07) is 13.6. The van der Waals surface area contributed by atoms with E-state index < -0.39 is 5.91 Å². The molecule has 21 heavy (non-hydrogen) atoms. The lowest BCUT2D eigenvalue weighted by molar-refractivity contribution is -0.118. The third kappa shape index (κ3) is 3.88. The number of ether oxygens (including phenoxy) is 1. The van der Waals surface area contributed by atoms with Gasteiger partial charge >= 0.3 is 0 Å². The third-order valence-electron chi connectivity index (χ3n) is 2.59. The van der Waals surface area contributed by atoms with Crippen molar-refractivity contribution >= 4 is 34.8 Å². The molecule has 4 nitrogen and oxygen atoms in total. The number of hydrogen-bond acceptors (Lipinski definition) is 3. The van der Waals surface area contributed by atoms with Crippen molar-refractivity contribution in [2.75, 3.05) is 11.9 Å². The summed E-state index contributed by atoms with van der Waals surface area (Å²) in [6.07, 6.45) is 0. The summed E-state index contributed by atoms with van der Waals surface area (Å²) in [4.78, 5) is 11.9. The Bertz CT molecular complexity index is 691. The highest BCUT2D eigenvalue weighted by molar-refractivity contribution is 6.39. The number of nitrogens with zero attached hydrogens (tertiary/aromatic N) is 1.